The van der Waals surface area contributed by atoms with Crippen molar-refractivity contribution in [1.82, 2.24) is 15.3 Å². The first-order valence-electron chi connectivity index (χ1n) is 14.8. The Morgan fingerprint density at radius 1 is 0.930 bits per heavy atom. The van der Waals surface area contributed by atoms with Crippen LogP contribution in [0.4, 0.5) is 4.39 Å². The van der Waals surface area contributed by atoms with Gasteiger partial charge in [-0.05, 0) is 85.9 Å². The molecule has 1 aliphatic rings. The number of carbonyl (C=O) groups excluding carboxylic acids is 2. The summed E-state index contributed by atoms with van der Waals surface area (Å²) >= 11 is 0. The van der Waals surface area contributed by atoms with Crippen molar-refractivity contribution in [3.63, 3.8) is 0 Å². The fourth-order valence-electron chi connectivity index (χ4n) is 5.39. The fraction of sp³-hybridized carbons (Fsp3) is 0.364. The number of aryl methyl sites for hydroxylation is 2. The van der Waals surface area contributed by atoms with Crippen LogP contribution in [0.15, 0.2) is 83.9 Å². The molecule has 1 heterocycles. The van der Waals surface area contributed by atoms with E-state index in [1.54, 1.807) is 24.3 Å². The van der Waals surface area contributed by atoms with E-state index in [1.807, 2.05) is 30.3 Å². The molecule has 0 saturated carbocycles. The minimum atomic E-state index is -0.445. The minimum Gasteiger partial charge on any atom is -0.508 e. The molecule has 6 N–H and O–H groups in total. The van der Waals surface area contributed by atoms with Crippen molar-refractivity contribution in [1.29, 1.82) is 0 Å². The third-order valence-corrected chi connectivity index (χ3v) is 7.75. The third-order valence-electron chi connectivity index (χ3n) is 7.75. The number of hydrogen-bond donors (Lipinski definition) is 4. The van der Waals surface area contributed by atoms with Gasteiger partial charge in [-0.25, -0.2) is 9.40 Å². The van der Waals surface area contributed by atoms with Crippen LogP contribution in [0.2, 0.25) is 0 Å². The van der Waals surface area contributed by atoms with Crippen LogP contribution in [0.25, 0.3) is 0 Å². The van der Waals surface area contributed by atoms with E-state index in [0.717, 1.165) is 24.0 Å². The summed E-state index contributed by atoms with van der Waals surface area (Å²) in [7, 11) is 0. The summed E-state index contributed by atoms with van der Waals surface area (Å²) in [5, 5.41) is 11.1. The highest BCUT2D eigenvalue weighted by molar-refractivity contribution is 5.87. The normalized spacial score (nSPS) is 15.8. The second-order valence-electron chi connectivity index (χ2n) is 11.0. The van der Waals surface area contributed by atoms with E-state index >= 15 is 0 Å². The maximum atomic E-state index is 13.6. The Bertz CT molecular complexity index is 1350. The average Bonchev–Trinajstić information content (AvgIpc) is 3.27. The summed E-state index contributed by atoms with van der Waals surface area (Å²) in [6.07, 6.45) is 4.58. The van der Waals surface area contributed by atoms with Gasteiger partial charge in [0.25, 0.3) is 5.91 Å². The molecule has 0 spiro atoms. The molecule has 1 fully saturated rings. The van der Waals surface area contributed by atoms with Gasteiger partial charge in [0.05, 0.1) is 12.7 Å². The minimum absolute atomic E-state index is 0.0385. The molecular formula is C33H41FN6O3. The van der Waals surface area contributed by atoms with E-state index in [1.165, 1.54) is 22.7 Å². The molecule has 4 rings (SSSR count). The number of amides is 2. The summed E-state index contributed by atoms with van der Waals surface area (Å²) in [5.41, 5.74) is 17.0. The number of phenols is 1. The molecule has 1 aliphatic heterocycles. The van der Waals surface area contributed by atoms with Crippen molar-refractivity contribution in [3.8, 4) is 5.75 Å². The number of nitrogens with two attached hydrogens (primary N) is 2. The lowest BCUT2D eigenvalue weighted by molar-refractivity contribution is -0.140. The van der Waals surface area contributed by atoms with Crippen molar-refractivity contribution in [2.24, 2.45) is 22.4 Å². The van der Waals surface area contributed by atoms with Crippen LogP contribution in [-0.2, 0) is 28.9 Å². The summed E-state index contributed by atoms with van der Waals surface area (Å²) in [6.45, 7) is 1.25. The van der Waals surface area contributed by atoms with Crippen LogP contribution in [0.3, 0.4) is 0 Å². The first-order valence-corrected chi connectivity index (χ1v) is 14.8. The van der Waals surface area contributed by atoms with Gasteiger partial charge in [0.2, 0.25) is 5.91 Å². The number of phenolic OH excluding ortho intramolecular Hbond substituents is 1. The second-order valence-corrected chi connectivity index (χ2v) is 11.0. The Hall–Kier alpha value is -4.44. The van der Waals surface area contributed by atoms with Gasteiger partial charge in [0.1, 0.15) is 11.6 Å². The summed E-state index contributed by atoms with van der Waals surface area (Å²) in [6, 6.07) is 23.0. The van der Waals surface area contributed by atoms with Crippen molar-refractivity contribution in [3.05, 3.63) is 101 Å². The molecule has 0 aromatic heterocycles. The number of nitrogens with one attached hydrogen (secondary N) is 1. The van der Waals surface area contributed by atoms with Crippen molar-refractivity contribution >= 4 is 17.8 Å². The number of nitrogens with zero attached hydrogens (tertiary/aromatic N) is 3. The lowest BCUT2D eigenvalue weighted by Crippen LogP contribution is -2.47. The van der Waals surface area contributed by atoms with E-state index in [4.69, 9.17) is 11.5 Å². The van der Waals surface area contributed by atoms with Crippen molar-refractivity contribution in [2.45, 2.75) is 51.0 Å². The Balaban J connectivity index is 1.41. The Kier molecular flexibility index (Phi) is 11.5. The number of carbonyl (C=O) groups is 2. The van der Waals surface area contributed by atoms with Gasteiger partial charge in [-0.15, -0.1) is 0 Å². The largest absolute Gasteiger partial charge is 0.508 e. The zero-order valence-electron chi connectivity index (χ0n) is 24.4. The van der Waals surface area contributed by atoms with Gasteiger partial charge in [0, 0.05) is 19.0 Å². The van der Waals surface area contributed by atoms with Gasteiger partial charge in [0.15, 0.2) is 5.96 Å². The highest BCUT2D eigenvalue weighted by atomic mass is 19.1. The van der Waals surface area contributed by atoms with E-state index in [-0.39, 0.29) is 36.0 Å². The van der Waals surface area contributed by atoms with E-state index in [2.05, 4.69) is 27.5 Å². The molecule has 0 radical (unpaired) electrons. The van der Waals surface area contributed by atoms with Gasteiger partial charge < -0.3 is 16.6 Å². The molecule has 9 nitrogen and oxygen atoms in total. The SMILES string of the molecule is NC(N)=NCCC(CCCc1ccc(F)cc1)C(=O)NN1CN(CCCc2ccccc2)[C@H](Cc2ccc(O)cc2)C1=O. The van der Waals surface area contributed by atoms with Crippen LogP contribution >= 0.6 is 0 Å². The summed E-state index contributed by atoms with van der Waals surface area (Å²) in [4.78, 5) is 33.3. The van der Waals surface area contributed by atoms with Crippen molar-refractivity contribution < 1.29 is 19.1 Å². The van der Waals surface area contributed by atoms with E-state index in [9.17, 15) is 19.1 Å². The quantitative estimate of drug-likeness (QED) is 0.158. The van der Waals surface area contributed by atoms with Gasteiger partial charge >= 0.3 is 0 Å². The monoisotopic (exact) mass is 588 g/mol. The second kappa shape index (κ2) is 15.7. The number of benzene rings is 3. The Morgan fingerprint density at radius 3 is 2.28 bits per heavy atom. The third kappa shape index (κ3) is 9.82. The van der Waals surface area contributed by atoms with E-state index < -0.39 is 12.0 Å². The zero-order valence-corrected chi connectivity index (χ0v) is 24.4. The highest BCUT2D eigenvalue weighted by Gasteiger charge is 2.39. The first-order chi connectivity index (χ1) is 20.8. The predicted octanol–water partition coefficient (Wildman–Crippen LogP) is 3.51. The molecule has 2 atom stereocenters. The molecule has 10 heteroatoms. The highest BCUT2D eigenvalue weighted by Crippen LogP contribution is 2.22. The molecule has 3 aromatic carbocycles. The van der Waals surface area contributed by atoms with Gasteiger partial charge in [-0.3, -0.25) is 24.9 Å². The smallest absolute Gasteiger partial charge is 0.259 e. The van der Waals surface area contributed by atoms with Crippen LogP contribution in [-0.4, -0.2) is 58.6 Å². The van der Waals surface area contributed by atoms with Gasteiger partial charge in [-0.1, -0.05) is 54.6 Å². The molecule has 1 unspecified atom stereocenters. The predicted molar refractivity (Wildman–Crippen MR) is 165 cm³/mol. The average molecular weight is 589 g/mol. The summed E-state index contributed by atoms with van der Waals surface area (Å²) in [5.74, 6) is -1.00. The zero-order chi connectivity index (χ0) is 30.6. The molecule has 2 amide bonds. The molecular weight excluding hydrogens is 547 g/mol. The number of aliphatic imine (C=N–C) groups is 1. The first kappa shape index (κ1) is 31.5. The Morgan fingerprint density at radius 2 is 1.58 bits per heavy atom. The van der Waals surface area contributed by atoms with Crippen LogP contribution < -0.4 is 16.9 Å². The van der Waals surface area contributed by atoms with E-state index in [0.29, 0.717) is 45.2 Å². The lowest BCUT2D eigenvalue weighted by Gasteiger charge is -2.23. The lowest BCUT2D eigenvalue weighted by atomic mass is 9.96. The van der Waals surface area contributed by atoms with Crippen LogP contribution in [0, 0.1) is 11.7 Å². The summed E-state index contributed by atoms with van der Waals surface area (Å²) < 4.78 is 13.3. The van der Waals surface area contributed by atoms with Gasteiger partial charge in [-0.2, -0.15) is 0 Å². The molecule has 0 aliphatic carbocycles. The molecule has 0 bridgehead atoms. The number of halogens is 1. The fourth-order valence-corrected chi connectivity index (χ4v) is 5.39. The maximum absolute atomic E-state index is 13.6. The maximum Gasteiger partial charge on any atom is 0.259 e. The Labute approximate surface area is 252 Å². The topological polar surface area (TPSA) is 137 Å². The number of rotatable bonds is 15. The number of guanidine groups is 1. The number of hydrogen-bond acceptors (Lipinski definition) is 5. The van der Waals surface area contributed by atoms with Crippen molar-refractivity contribution in [2.75, 3.05) is 19.8 Å². The molecule has 3 aromatic rings. The molecule has 43 heavy (non-hydrogen) atoms. The number of aromatic hydroxyl groups is 1. The molecule has 228 valence electrons. The molecule has 1 saturated heterocycles. The standard InChI is InChI=1S/C33H41FN6O3/c34-28-15-11-25(12-16-28)8-4-10-27(19-20-37-33(35)36)31(42)38-40-23-39(21-5-9-24-6-2-1-3-7-24)30(32(40)43)22-26-13-17-29(41)18-14-26/h1-3,6-7,11-18,27,30,41H,4-5,8-10,19-23H2,(H,38,42)(H4,35,36,37)/t27?,30-/m1/s1. The van der Waals surface area contributed by atoms with Crippen LogP contribution in [0.5, 0.6) is 5.75 Å². The number of hydrazine groups is 1. The van der Waals surface area contributed by atoms with Crippen LogP contribution in [0.1, 0.15) is 42.4 Å².